The van der Waals surface area contributed by atoms with Crippen LogP contribution >= 0.6 is 0 Å². The molecule has 104 valence electrons. The predicted molar refractivity (Wildman–Crippen MR) is 76.8 cm³/mol. The van der Waals surface area contributed by atoms with Gasteiger partial charge in [0.05, 0.1) is 0 Å². The summed E-state index contributed by atoms with van der Waals surface area (Å²) in [5.74, 6) is 1.38. The molecule has 2 aliphatic rings. The molecule has 2 fully saturated rings. The van der Waals surface area contributed by atoms with E-state index in [0.717, 1.165) is 25.6 Å². The van der Waals surface area contributed by atoms with E-state index in [0.29, 0.717) is 5.92 Å². The van der Waals surface area contributed by atoms with E-state index < -0.39 is 0 Å². The lowest BCUT2D eigenvalue weighted by Crippen LogP contribution is -2.41. The van der Waals surface area contributed by atoms with Gasteiger partial charge in [0.2, 0.25) is 0 Å². The Morgan fingerprint density at radius 2 is 1.67 bits per heavy atom. The molecule has 2 rings (SSSR count). The molecule has 0 radical (unpaired) electrons. The second kappa shape index (κ2) is 6.98. The van der Waals surface area contributed by atoms with Gasteiger partial charge in [0.25, 0.3) is 0 Å². The predicted octanol–water partition coefficient (Wildman–Crippen LogP) is 1.52. The zero-order valence-electron chi connectivity index (χ0n) is 11.8. The first-order valence-corrected chi connectivity index (χ1v) is 7.53. The van der Waals surface area contributed by atoms with Gasteiger partial charge in [-0.2, -0.15) is 0 Å². The van der Waals surface area contributed by atoms with Crippen molar-refractivity contribution in [3.63, 3.8) is 0 Å². The van der Waals surface area contributed by atoms with Crippen LogP contribution in [0.2, 0.25) is 0 Å². The Labute approximate surface area is 111 Å². The highest BCUT2D eigenvalue weighted by Crippen LogP contribution is 2.11. The van der Waals surface area contributed by atoms with E-state index >= 15 is 0 Å². The number of nitrogens with two attached hydrogens (primary N) is 1. The summed E-state index contributed by atoms with van der Waals surface area (Å²) >= 11 is 0. The fraction of sp³-hybridized carbons (Fsp3) is 0.929. The summed E-state index contributed by atoms with van der Waals surface area (Å²) in [6.45, 7) is 9.07. The Kier molecular flexibility index (Phi) is 5.29. The Bertz CT molecular complexity index is 265. The number of nitrogens with zero attached hydrogens (tertiary/aromatic N) is 3. The Morgan fingerprint density at radius 3 is 2.33 bits per heavy atom. The fourth-order valence-corrected chi connectivity index (χ4v) is 2.94. The van der Waals surface area contributed by atoms with Crippen molar-refractivity contribution in [3.8, 4) is 0 Å². The van der Waals surface area contributed by atoms with E-state index in [2.05, 4.69) is 21.7 Å². The van der Waals surface area contributed by atoms with Crippen LogP contribution in [0.15, 0.2) is 4.99 Å². The average Bonchev–Trinajstić information content (AvgIpc) is 2.90. The molecule has 0 amide bonds. The number of guanidine groups is 1. The first-order chi connectivity index (χ1) is 8.75. The van der Waals surface area contributed by atoms with Gasteiger partial charge >= 0.3 is 0 Å². The third-order valence-electron chi connectivity index (χ3n) is 4.01. The number of piperidine rings is 1. The third-order valence-corrected chi connectivity index (χ3v) is 4.01. The molecule has 0 saturated carbocycles. The molecule has 1 unspecified atom stereocenters. The van der Waals surface area contributed by atoms with Crippen LogP contribution in [0.4, 0.5) is 0 Å². The van der Waals surface area contributed by atoms with Gasteiger partial charge in [-0.15, -0.1) is 0 Å². The van der Waals surface area contributed by atoms with Gasteiger partial charge in [-0.3, -0.25) is 4.99 Å². The van der Waals surface area contributed by atoms with Crippen LogP contribution in [-0.4, -0.2) is 55.0 Å². The molecule has 0 bridgehead atoms. The molecule has 0 aromatic carbocycles. The van der Waals surface area contributed by atoms with Crippen molar-refractivity contribution in [2.24, 2.45) is 16.6 Å². The van der Waals surface area contributed by atoms with Crippen molar-refractivity contribution < 1.29 is 0 Å². The summed E-state index contributed by atoms with van der Waals surface area (Å²) in [6.07, 6.45) is 6.60. The number of hydrogen-bond donors (Lipinski definition) is 1. The van der Waals surface area contributed by atoms with Gasteiger partial charge in [-0.1, -0.05) is 6.92 Å². The summed E-state index contributed by atoms with van der Waals surface area (Å²) in [5, 5.41) is 0. The van der Waals surface area contributed by atoms with E-state index in [1.54, 1.807) is 0 Å². The number of likely N-dealkylation sites (tertiary alicyclic amines) is 2. The topological polar surface area (TPSA) is 44.9 Å². The lowest BCUT2D eigenvalue weighted by atomic mass is 10.1. The highest BCUT2D eigenvalue weighted by Gasteiger charge is 2.15. The largest absolute Gasteiger partial charge is 0.370 e. The molecule has 0 spiro atoms. The minimum absolute atomic E-state index is 0.617. The molecule has 0 aromatic rings. The molecule has 0 aliphatic carbocycles. The zero-order valence-corrected chi connectivity index (χ0v) is 11.8. The normalized spacial score (nSPS) is 24.5. The lowest BCUT2D eigenvalue weighted by molar-refractivity contribution is 0.290. The van der Waals surface area contributed by atoms with Crippen molar-refractivity contribution in [2.45, 2.75) is 39.0 Å². The molecule has 0 aromatic heterocycles. The summed E-state index contributed by atoms with van der Waals surface area (Å²) in [7, 11) is 0. The minimum atomic E-state index is 0.617. The number of rotatable bonds is 4. The SMILES string of the molecule is CC(CN=C(N)N1CCCCC1)CN1CCCC1. The maximum absolute atomic E-state index is 6.07. The summed E-state index contributed by atoms with van der Waals surface area (Å²) < 4.78 is 0. The van der Waals surface area contributed by atoms with Gasteiger partial charge < -0.3 is 15.5 Å². The molecular weight excluding hydrogens is 224 g/mol. The van der Waals surface area contributed by atoms with Crippen LogP contribution in [0.1, 0.15) is 39.0 Å². The summed E-state index contributed by atoms with van der Waals surface area (Å²) in [5.41, 5.74) is 6.07. The van der Waals surface area contributed by atoms with E-state index in [-0.39, 0.29) is 0 Å². The summed E-state index contributed by atoms with van der Waals surface area (Å²) in [4.78, 5) is 9.38. The molecule has 2 aliphatic heterocycles. The molecule has 1 atom stereocenters. The second-order valence-corrected chi connectivity index (χ2v) is 5.86. The maximum Gasteiger partial charge on any atom is 0.191 e. The fourth-order valence-electron chi connectivity index (χ4n) is 2.94. The van der Waals surface area contributed by atoms with Gasteiger partial charge in [-0.25, -0.2) is 0 Å². The molecule has 2 saturated heterocycles. The van der Waals surface area contributed by atoms with Gasteiger partial charge in [0.1, 0.15) is 0 Å². The van der Waals surface area contributed by atoms with Crippen molar-refractivity contribution in [3.05, 3.63) is 0 Å². The van der Waals surface area contributed by atoms with E-state index in [4.69, 9.17) is 5.73 Å². The zero-order chi connectivity index (χ0) is 12.8. The standard InChI is InChI=1S/C14H28N4/c1-13(12-17-7-5-6-8-17)11-16-14(15)18-9-3-2-4-10-18/h13H,2-12H2,1H3,(H2,15,16). The van der Waals surface area contributed by atoms with E-state index in [1.165, 1.54) is 51.7 Å². The summed E-state index contributed by atoms with van der Waals surface area (Å²) in [6, 6.07) is 0. The molecular formula is C14H28N4. The molecule has 2 N–H and O–H groups in total. The smallest absolute Gasteiger partial charge is 0.191 e. The van der Waals surface area contributed by atoms with Crippen LogP contribution < -0.4 is 5.73 Å². The van der Waals surface area contributed by atoms with Crippen LogP contribution in [0, 0.1) is 5.92 Å². The van der Waals surface area contributed by atoms with E-state index in [9.17, 15) is 0 Å². The average molecular weight is 252 g/mol. The molecule has 4 nitrogen and oxygen atoms in total. The van der Waals surface area contributed by atoms with Gasteiger partial charge in [-0.05, 0) is 51.1 Å². The van der Waals surface area contributed by atoms with E-state index in [1.807, 2.05) is 0 Å². The van der Waals surface area contributed by atoms with Crippen molar-refractivity contribution in [1.82, 2.24) is 9.80 Å². The monoisotopic (exact) mass is 252 g/mol. The first kappa shape index (κ1) is 13.7. The Hall–Kier alpha value is -0.770. The third kappa shape index (κ3) is 4.16. The first-order valence-electron chi connectivity index (χ1n) is 7.53. The van der Waals surface area contributed by atoms with Crippen LogP contribution in [0.5, 0.6) is 0 Å². The minimum Gasteiger partial charge on any atom is -0.370 e. The maximum atomic E-state index is 6.07. The van der Waals surface area contributed by atoms with Crippen molar-refractivity contribution in [1.29, 1.82) is 0 Å². The Balaban J connectivity index is 1.70. The second-order valence-electron chi connectivity index (χ2n) is 5.86. The highest BCUT2D eigenvalue weighted by atomic mass is 15.3. The molecule has 18 heavy (non-hydrogen) atoms. The van der Waals surface area contributed by atoms with Crippen molar-refractivity contribution >= 4 is 5.96 Å². The van der Waals surface area contributed by atoms with Gasteiger partial charge in [0.15, 0.2) is 5.96 Å². The lowest BCUT2D eigenvalue weighted by Gasteiger charge is -2.28. The van der Waals surface area contributed by atoms with Crippen molar-refractivity contribution in [2.75, 3.05) is 39.3 Å². The van der Waals surface area contributed by atoms with Crippen LogP contribution in [-0.2, 0) is 0 Å². The number of aliphatic imine (C=N–C) groups is 1. The molecule has 4 heteroatoms. The Morgan fingerprint density at radius 1 is 1.06 bits per heavy atom. The highest BCUT2D eigenvalue weighted by molar-refractivity contribution is 5.78. The quantitative estimate of drug-likeness (QED) is 0.609. The van der Waals surface area contributed by atoms with Crippen LogP contribution in [0.3, 0.4) is 0 Å². The number of hydrogen-bond acceptors (Lipinski definition) is 2. The van der Waals surface area contributed by atoms with Crippen LogP contribution in [0.25, 0.3) is 0 Å². The van der Waals surface area contributed by atoms with Gasteiger partial charge in [0, 0.05) is 26.2 Å². The molecule has 2 heterocycles.